The predicted molar refractivity (Wildman–Crippen MR) is 69.8 cm³/mol. The third-order valence-corrected chi connectivity index (χ3v) is 3.46. The minimum absolute atomic E-state index is 0.0770. The number of pyridine rings is 1. The van der Waals surface area contributed by atoms with Crippen LogP contribution in [0.1, 0.15) is 18.4 Å². The second-order valence-corrected chi connectivity index (χ2v) is 5.18. The summed E-state index contributed by atoms with van der Waals surface area (Å²) in [7, 11) is 0. The van der Waals surface area contributed by atoms with Gasteiger partial charge in [-0.3, -0.25) is 4.79 Å². The molecule has 1 aromatic rings. The van der Waals surface area contributed by atoms with Crippen LogP contribution in [0, 0.1) is 12.8 Å². The molecular weight excluding hydrogens is 285 g/mol. The molecule has 1 aliphatic rings. The molecule has 1 aliphatic heterocycles. The summed E-state index contributed by atoms with van der Waals surface area (Å²) in [5.74, 6) is -1.59. The van der Waals surface area contributed by atoms with Gasteiger partial charge < -0.3 is 9.64 Å². The second-order valence-electron chi connectivity index (χ2n) is 5.18. The Morgan fingerprint density at radius 2 is 2.24 bits per heavy atom. The zero-order valence-corrected chi connectivity index (χ0v) is 11.7. The molecule has 0 spiro atoms. The number of rotatable bonds is 3. The molecule has 0 aromatic carbocycles. The first kappa shape index (κ1) is 15.6. The fourth-order valence-electron chi connectivity index (χ4n) is 2.24. The second kappa shape index (κ2) is 6.32. The molecule has 0 N–H and O–H groups in total. The summed E-state index contributed by atoms with van der Waals surface area (Å²) < 4.78 is 43.3. The lowest BCUT2D eigenvalue weighted by Gasteiger charge is -2.33. The molecule has 21 heavy (non-hydrogen) atoms. The third-order valence-electron chi connectivity index (χ3n) is 3.46. The summed E-state index contributed by atoms with van der Waals surface area (Å²) >= 11 is 0. The lowest BCUT2D eigenvalue weighted by molar-refractivity contribution is -0.188. The lowest BCUT2D eigenvalue weighted by Crippen LogP contribution is -2.46. The van der Waals surface area contributed by atoms with Crippen molar-refractivity contribution in [2.45, 2.75) is 25.9 Å². The number of aryl methyl sites for hydroxylation is 1. The summed E-state index contributed by atoms with van der Waals surface area (Å²) in [5.41, 5.74) is 0.956. The molecule has 0 saturated carbocycles. The van der Waals surface area contributed by atoms with Gasteiger partial charge in [0.2, 0.25) is 5.88 Å². The number of likely N-dealkylation sites (tertiary alicyclic amines) is 1. The number of piperidine rings is 1. The smallest absolute Gasteiger partial charge is 0.393 e. The molecular formula is C14H17F3N2O2. The van der Waals surface area contributed by atoms with Gasteiger partial charge in [-0.25, -0.2) is 4.98 Å². The maximum atomic E-state index is 12.7. The highest BCUT2D eigenvalue weighted by molar-refractivity contribution is 5.77. The molecule has 0 aliphatic carbocycles. The summed E-state index contributed by atoms with van der Waals surface area (Å²) in [5, 5.41) is 0. The maximum Gasteiger partial charge on any atom is 0.393 e. The average Bonchev–Trinajstić information content (AvgIpc) is 2.45. The number of carbonyl (C=O) groups excluding carboxylic acids is 1. The van der Waals surface area contributed by atoms with E-state index in [-0.39, 0.29) is 19.6 Å². The zero-order chi connectivity index (χ0) is 15.5. The van der Waals surface area contributed by atoms with Crippen molar-refractivity contribution in [3.05, 3.63) is 23.9 Å². The van der Waals surface area contributed by atoms with E-state index in [4.69, 9.17) is 4.74 Å². The number of aromatic nitrogens is 1. The molecule has 2 rings (SSSR count). The Labute approximate surface area is 120 Å². The van der Waals surface area contributed by atoms with E-state index in [2.05, 4.69) is 4.98 Å². The Morgan fingerprint density at radius 3 is 2.86 bits per heavy atom. The topological polar surface area (TPSA) is 42.4 Å². The molecule has 2 heterocycles. The van der Waals surface area contributed by atoms with Crippen molar-refractivity contribution in [2.24, 2.45) is 5.92 Å². The molecule has 0 radical (unpaired) electrons. The molecule has 1 atom stereocenters. The van der Waals surface area contributed by atoms with Crippen molar-refractivity contribution >= 4 is 5.91 Å². The Kier molecular flexibility index (Phi) is 4.69. The molecule has 1 fully saturated rings. The van der Waals surface area contributed by atoms with E-state index in [9.17, 15) is 18.0 Å². The van der Waals surface area contributed by atoms with Crippen LogP contribution in [-0.4, -0.2) is 41.7 Å². The lowest BCUT2D eigenvalue weighted by atomic mass is 9.97. The number of hydrogen-bond acceptors (Lipinski definition) is 3. The number of ether oxygens (including phenoxy) is 1. The highest BCUT2D eigenvalue weighted by Crippen LogP contribution is 2.33. The molecule has 1 aromatic heterocycles. The number of alkyl halides is 3. The van der Waals surface area contributed by atoms with Crippen molar-refractivity contribution in [1.29, 1.82) is 0 Å². The van der Waals surface area contributed by atoms with Gasteiger partial charge in [-0.2, -0.15) is 13.2 Å². The highest BCUT2D eigenvalue weighted by atomic mass is 19.4. The fraction of sp³-hybridized carbons (Fsp3) is 0.571. The average molecular weight is 302 g/mol. The van der Waals surface area contributed by atoms with E-state index in [1.807, 2.05) is 6.92 Å². The Bertz CT molecular complexity index is 488. The van der Waals surface area contributed by atoms with Gasteiger partial charge in [0.25, 0.3) is 5.91 Å². The van der Waals surface area contributed by atoms with Crippen LogP contribution in [0.25, 0.3) is 0 Å². The molecule has 1 saturated heterocycles. The fourth-order valence-corrected chi connectivity index (χ4v) is 2.24. The van der Waals surface area contributed by atoms with Crippen molar-refractivity contribution in [3.8, 4) is 5.88 Å². The number of nitrogens with zero attached hydrogens (tertiary/aromatic N) is 2. The number of carbonyl (C=O) groups is 1. The summed E-state index contributed by atoms with van der Waals surface area (Å²) in [6.07, 6.45) is -2.22. The van der Waals surface area contributed by atoms with Gasteiger partial charge in [-0.05, 0) is 25.3 Å². The Hall–Kier alpha value is -1.79. The maximum absolute atomic E-state index is 12.7. The van der Waals surface area contributed by atoms with Gasteiger partial charge in [-0.1, -0.05) is 6.07 Å². The largest absolute Gasteiger partial charge is 0.468 e. The van der Waals surface area contributed by atoms with Crippen LogP contribution in [0.2, 0.25) is 0 Å². The van der Waals surface area contributed by atoms with E-state index in [0.29, 0.717) is 18.8 Å². The van der Waals surface area contributed by atoms with Gasteiger partial charge >= 0.3 is 6.18 Å². The van der Waals surface area contributed by atoms with Crippen molar-refractivity contribution in [2.75, 3.05) is 19.7 Å². The van der Waals surface area contributed by atoms with Crippen LogP contribution in [-0.2, 0) is 4.79 Å². The number of amides is 1. The molecule has 7 heteroatoms. The van der Waals surface area contributed by atoms with Gasteiger partial charge in [0, 0.05) is 25.4 Å². The monoisotopic (exact) mass is 302 g/mol. The van der Waals surface area contributed by atoms with Crippen molar-refractivity contribution in [3.63, 3.8) is 0 Å². The molecule has 1 amide bonds. The molecule has 4 nitrogen and oxygen atoms in total. The van der Waals surface area contributed by atoms with Crippen LogP contribution in [0.5, 0.6) is 5.88 Å². The Morgan fingerprint density at radius 1 is 1.48 bits per heavy atom. The third kappa shape index (κ3) is 4.34. The van der Waals surface area contributed by atoms with Gasteiger partial charge in [-0.15, -0.1) is 0 Å². The van der Waals surface area contributed by atoms with E-state index in [1.165, 1.54) is 4.90 Å². The summed E-state index contributed by atoms with van der Waals surface area (Å²) in [6, 6.07) is 3.41. The first-order valence-electron chi connectivity index (χ1n) is 6.76. The van der Waals surface area contributed by atoms with E-state index in [1.54, 1.807) is 18.3 Å². The molecule has 0 bridgehead atoms. The summed E-state index contributed by atoms with van der Waals surface area (Å²) in [4.78, 5) is 17.1. The standard InChI is InChI=1S/C14H17F3N2O2/c1-10-4-5-12(18-7-10)21-9-13(20)19-6-2-3-11(8-19)14(15,16)17/h4-5,7,11H,2-3,6,8-9H2,1H3/t11-/m0/s1. The van der Waals surface area contributed by atoms with Crippen LogP contribution < -0.4 is 4.74 Å². The Balaban J connectivity index is 1.86. The SMILES string of the molecule is Cc1ccc(OCC(=O)N2CCC[C@H](C(F)(F)F)C2)nc1. The molecule has 0 unspecified atom stereocenters. The minimum atomic E-state index is -4.25. The highest BCUT2D eigenvalue weighted by Gasteiger charge is 2.42. The first-order chi connectivity index (χ1) is 9.86. The van der Waals surface area contributed by atoms with Crippen LogP contribution in [0.4, 0.5) is 13.2 Å². The first-order valence-corrected chi connectivity index (χ1v) is 6.76. The van der Waals surface area contributed by atoms with Gasteiger partial charge in [0.15, 0.2) is 6.61 Å². The van der Waals surface area contributed by atoms with Gasteiger partial charge in [0.05, 0.1) is 5.92 Å². The van der Waals surface area contributed by atoms with Gasteiger partial charge in [0.1, 0.15) is 0 Å². The van der Waals surface area contributed by atoms with Crippen LogP contribution in [0.15, 0.2) is 18.3 Å². The normalized spacial score (nSPS) is 19.4. The van der Waals surface area contributed by atoms with Crippen LogP contribution >= 0.6 is 0 Å². The minimum Gasteiger partial charge on any atom is -0.468 e. The van der Waals surface area contributed by atoms with E-state index < -0.39 is 18.0 Å². The quantitative estimate of drug-likeness (QED) is 0.862. The van der Waals surface area contributed by atoms with Crippen molar-refractivity contribution < 1.29 is 22.7 Å². The number of hydrogen-bond donors (Lipinski definition) is 0. The molecule has 116 valence electrons. The summed E-state index contributed by atoms with van der Waals surface area (Å²) in [6.45, 7) is 1.64. The predicted octanol–water partition coefficient (Wildman–Crippen LogP) is 2.57. The van der Waals surface area contributed by atoms with Crippen molar-refractivity contribution in [1.82, 2.24) is 9.88 Å². The van der Waals surface area contributed by atoms with E-state index in [0.717, 1.165) is 5.56 Å². The zero-order valence-electron chi connectivity index (χ0n) is 11.7. The van der Waals surface area contributed by atoms with Crippen LogP contribution in [0.3, 0.4) is 0 Å². The number of halogens is 3. The van der Waals surface area contributed by atoms with E-state index >= 15 is 0 Å².